The molecule has 5 nitrogen and oxygen atoms in total. The maximum atomic E-state index is 12.6. The molecule has 1 aliphatic carbocycles. The second-order valence-corrected chi connectivity index (χ2v) is 7.80. The van der Waals surface area contributed by atoms with Gasteiger partial charge in [0, 0.05) is 30.2 Å². The normalized spacial score (nSPS) is 14.6. The third-order valence-electron chi connectivity index (χ3n) is 5.29. The van der Waals surface area contributed by atoms with Gasteiger partial charge in [-0.2, -0.15) is 0 Å². The summed E-state index contributed by atoms with van der Waals surface area (Å²) >= 11 is 0. The Hall–Kier alpha value is -2.53. The van der Waals surface area contributed by atoms with Crippen LogP contribution in [-0.4, -0.2) is 32.7 Å². The molecule has 0 aromatic heterocycles. The first-order valence-corrected chi connectivity index (χ1v) is 9.95. The van der Waals surface area contributed by atoms with E-state index >= 15 is 0 Å². The molecule has 2 aromatic rings. The lowest BCUT2D eigenvalue weighted by Crippen LogP contribution is -3.13. The Kier molecular flexibility index (Phi) is 6.57. The molecule has 0 heterocycles. The number of rotatable bonds is 9. The fourth-order valence-corrected chi connectivity index (χ4v) is 3.45. The minimum Gasteiger partial charge on any atom is -0.493 e. The van der Waals surface area contributed by atoms with Crippen LogP contribution in [0.4, 0.5) is 5.69 Å². The van der Waals surface area contributed by atoms with Crippen LogP contribution in [0.25, 0.3) is 0 Å². The summed E-state index contributed by atoms with van der Waals surface area (Å²) in [6.45, 7) is 5.75. The van der Waals surface area contributed by atoms with E-state index in [2.05, 4.69) is 43.4 Å². The number of nitrogens with one attached hydrogen (secondary N) is 2. The van der Waals surface area contributed by atoms with Gasteiger partial charge in [0.2, 0.25) is 0 Å². The van der Waals surface area contributed by atoms with Crippen molar-refractivity contribution in [2.75, 3.05) is 26.1 Å². The van der Waals surface area contributed by atoms with E-state index in [4.69, 9.17) is 9.47 Å². The van der Waals surface area contributed by atoms with Crippen LogP contribution in [0.1, 0.15) is 43.7 Å². The molecule has 1 amide bonds. The van der Waals surface area contributed by atoms with Gasteiger partial charge in [0.05, 0.1) is 20.3 Å². The van der Waals surface area contributed by atoms with E-state index in [-0.39, 0.29) is 5.91 Å². The first kappa shape index (κ1) is 20.2. The second kappa shape index (κ2) is 9.11. The number of methoxy groups -OCH3 is 2. The molecule has 5 heteroatoms. The van der Waals surface area contributed by atoms with E-state index in [9.17, 15) is 4.79 Å². The molecule has 1 unspecified atom stereocenters. The van der Waals surface area contributed by atoms with Crippen molar-refractivity contribution in [2.24, 2.45) is 0 Å². The van der Waals surface area contributed by atoms with Gasteiger partial charge in [-0.05, 0) is 23.6 Å². The molecule has 0 spiro atoms. The van der Waals surface area contributed by atoms with Crippen molar-refractivity contribution in [3.63, 3.8) is 0 Å². The van der Waals surface area contributed by atoms with Crippen LogP contribution in [0, 0.1) is 0 Å². The minimum atomic E-state index is 0.0212. The molecule has 1 fully saturated rings. The highest BCUT2D eigenvalue weighted by Gasteiger charge is 2.34. The number of ether oxygens (including phenoxy) is 2. The average Bonchev–Trinajstić information content (AvgIpc) is 3.53. The molecule has 0 saturated heterocycles. The number of anilines is 1. The molecule has 28 heavy (non-hydrogen) atoms. The summed E-state index contributed by atoms with van der Waals surface area (Å²) in [5.41, 5.74) is 3.35. The van der Waals surface area contributed by atoms with Crippen molar-refractivity contribution < 1.29 is 19.2 Å². The molecule has 1 atom stereocenters. The third-order valence-corrected chi connectivity index (χ3v) is 5.29. The number of benzene rings is 2. The molecule has 0 aliphatic heterocycles. The van der Waals surface area contributed by atoms with E-state index in [1.54, 1.807) is 26.4 Å². The highest BCUT2D eigenvalue weighted by atomic mass is 16.5. The summed E-state index contributed by atoms with van der Waals surface area (Å²) in [6, 6.07) is 14.8. The van der Waals surface area contributed by atoms with Crippen LogP contribution < -0.4 is 19.7 Å². The predicted octanol–water partition coefficient (Wildman–Crippen LogP) is 3.01. The van der Waals surface area contributed by atoms with E-state index in [0.29, 0.717) is 30.0 Å². The molecular formula is C23H31N2O3+. The highest BCUT2D eigenvalue weighted by Crippen LogP contribution is 2.29. The standard InChI is InChI=1S/C23H30N2O3/c1-16(2)18-7-5-17(6-8-18)14-25(20-10-11-20)15-23(26)24-19-9-12-21(27-3)22(13-19)28-4/h5-9,12-13,16,20H,10-11,14-15H2,1-4H3,(H,24,26)/p+1. The van der Waals surface area contributed by atoms with Crippen LogP contribution in [0.5, 0.6) is 11.5 Å². The van der Waals surface area contributed by atoms with Crippen LogP contribution in [0.2, 0.25) is 0 Å². The quantitative estimate of drug-likeness (QED) is 0.700. The van der Waals surface area contributed by atoms with Gasteiger partial charge in [0.25, 0.3) is 5.91 Å². The summed E-state index contributed by atoms with van der Waals surface area (Å²) in [7, 11) is 3.19. The Balaban J connectivity index is 1.62. The first-order valence-electron chi connectivity index (χ1n) is 9.95. The Morgan fingerprint density at radius 2 is 1.75 bits per heavy atom. The molecule has 150 valence electrons. The number of amides is 1. The summed E-state index contributed by atoms with van der Waals surface area (Å²) in [5.74, 6) is 1.81. The Morgan fingerprint density at radius 1 is 1.07 bits per heavy atom. The number of hydrogen-bond donors (Lipinski definition) is 2. The van der Waals surface area contributed by atoms with Crippen molar-refractivity contribution in [3.8, 4) is 11.5 Å². The largest absolute Gasteiger partial charge is 0.493 e. The fraction of sp³-hybridized carbons (Fsp3) is 0.435. The lowest BCUT2D eigenvalue weighted by atomic mass is 10.0. The SMILES string of the molecule is COc1ccc(NC(=O)C[NH+](Cc2ccc(C(C)C)cc2)C2CC2)cc1OC. The monoisotopic (exact) mass is 383 g/mol. The van der Waals surface area contributed by atoms with Crippen LogP contribution in [-0.2, 0) is 11.3 Å². The van der Waals surface area contributed by atoms with Crippen LogP contribution >= 0.6 is 0 Å². The van der Waals surface area contributed by atoms with Crippen LogP contribution in [0.15, 0.2) is 42.5 Å². The molecule has 0 radical (unpaired) electrons. The van der Waals surface area contributed by atoms with E-state index in [1.807, 2.05) is 6.07 Å². The third kappa shape index (κ3) is 5.26. The van der Waals surface area contributed by atoms with E-state index in [0.717, 1.165) is 12.2 Å². The number of carbonyl (C=O) groups is 1. The summed E-state index contributed by atoms with van der Waals surface area (Å²) in [5, 5.41) is 3.00. The van der Waals surface area contributed by atoms with Crippen molar-refractivity contribution in [3.05, 3.63) is 53.6 Å². The van der Waals surface area contributed by atoms with Crippen molar-refractivity contribution >= 4 is 11.6 Å². The molecular weight excluding hydrogens is 352 g/mol. The minimum absolute atomic E-state index is 0.0212. The van der Waals surface area contributed by atoms with Gasteiger partial charge in [-0.1, -0.05) is 38.1 Å². The summed E-state index contributed by atoms with van der Waals surface area (Å²) in [4.78, 5) is 14.0. The van der Waals surface area contributed by atoms with Gasteiger partial charge >= 0.3 is 0 Å². The van der Waals surface area contributed by atoms with E-state index in [1.165, 1.54) is 28.9 Å². The Labute approximate surface area is 167 Å². The van der Waals surface area contributed by atoms with Gasteiger partial charge < -0.3 is 19.7 Å². The summed E-state index contributed by atoms with van der Waals surface area (Å²) in [6.07, 6.45) is 2.39. The first-order chi connectivity index (χ1) is 13.5. The molecule has 2 aromatic carbocycles. The second-order valence-electron chi connectivity index (χ2n) is 7.80. The highest BCUT2D eigenvalue weighted by molar-refractivity contribution is 5.91. The van der Waals surface area contributed by atoms with Crippen LogP contribution in [0.3, 0.4) is 0 Å². The van der Waals surface area contributed by atoms with Gasteiger partial charge in [0.15, 0.2) is 18.0 Å². The lowest BCUT2D eigenvalue weighted by Gasteiger charge is -2.19. The zero-order valence-electron chi connectivity index (χ0n) is 17.2. The topological polar surface area (TPSA) is 52.0 Å². The molecule has 0 bridgehead atoms. The predicted molar refractivity (Wildman–Crippen MR) is 111 cm³/mol. The average molecular weight is 384 g/mol. The number of hydrogen-bond acceptors (Lipinski definition) is 3. The van der Waals surface area contributed by atoms with Crippen molar-refractivity contribution in [1.82, 2.24) is 0 Å². The van der Waals surface area contributed by atoms with Crippen molar-refractivity contribution in [1.29, 1.82) is 0 Å². The van der Waals surface area contributed by atoms with Gasteiger partial charge in [0.1, 0.15) is 6.54 Å². The molecule has 2 N–H and O–H groups in total. The maximum Gasteiger partial charge on any atom is 0.279 e. The van der Waals surface area contributed by atoms with Gasteiger partial charge in [-0.15, -0.1) is 0 Å². The lowest BCUT2D eigenvalue weighted by molar-refractivity contribution is -0.916. The Morgan fingerprint density at radius 3 is 2.32 bits per heavy atom. The Bertz CT molecular complexity index is 798. The van der Waals surface area contributed by atoms with E-state index < -0.39 is 0 Å². The number of quaternary nitrogens is 1. The van der Waals surface area contributed by atoms with Crippen molar-refractivity contribution in [2.45, 2.75) is 45.2 Å². The molecule has 1 saturated carbocycles. The number of carbonyl (C=O) groups excluding carboxylic acids is 1. The summed E-state index contributed by atoms with van der Waals surface area (Å²) < 4.78 is 10.6. The smallest absolute Gasteiger partial charge is 0.279 e. The van der Waals surface area contributed by atoms with Gasteiger partial charge in [-0.3, -0.25) is 4.79 Å². The molecule has 1 aliphatic rings. The fourth-order valence-electron chi connectivity index (χ4n) is 3.45. The zero-order valence-corrected chi connectivity index (χ0v) is 17.2. The van der Waals surface area contributed by atoms with Gasteiger partial charge in [-0.25, -0.2) is 0 Å². The molecule has 3 rings (SSSR count). The zero-order chi connectivity index (χ0) is 20.1. The maximum absolute atomic E-state index is 12.6.